The second-order valence-electron chi connectivity index (χ2n) is 6.45. The van der Waals surface area contributed by atoms with Gasteiger partial charge in [0, 0.05) is 0 Å². The predicted octanol–water partition coefficient (Wildman–Crippen LogP) is 3.78. The molecule has 3 aromatic carbocycles. The monoisotopic (exact) mass is 434 g/mol. The Labute approximate surface area is 185 Å². The SMILES string of the molecule is CCOc1cc(/C=N/NC(=O)c2ccccc2O)ccc1OC(=O)c1ccccc1OC. The lowest BCUT2D eigenvalue weighted by atomic mass is 10.2. The number of carbonyl (C=O) groups excluding carboxylic acids is 2. The number of phenolic OH excluding ortho intramolecular Hbond substituents is 1. The Balaban J connectivity index is 1.74. The fraction of sp³-hybridized carbons (Fsp3) is 0.125. The van der Waals surface area contributed by atoms with Crippen molar-refractivity contribution in [2.24, 2.45) is 5.10 Å². The van der Waals surface area contributed by atoms with Gasteiger partial charge >= 0.3 is 5.97 Å². The number of hydrogen-bond acceptors (Lipinski definition) is 7. The summed E-state index contributed by atoms with van der Waals surface area (Å²) in [4.78, 5) is 24.7. The molecular weight excluding hydrogens is 412 g/mol. The molecule has 0 atom stereocenters. The standard InChI is InChI=1S/C24H22N2O6/c1-3-31-22-14-16(15-25-26-23(28)17-8-4-6-10-19(17)27)12-13-21(22)32-24(29)18-9-5-7-11-20(18)30-2/h4-15,27H,3H2,1-2H3,(H,26,28)/b25-15+. The molecule has 0 heterocycles. The highest BCUT2D eigenvalue weighted by Gasteiger charge is 2.17. The van der Waals surface area contributed by atoms with E-state index in [4.69, 9.17) is 14.2 Å². The molecule has 0 aliphatic carbocycles. The van der Waals surface area contributed by atoms with Crippen LogP contribution >= 0.6 is 0 Å². The Hall–Kier alpha value is -4.33. The Morgan fingerprint density at radius 1 is 0.969 bits per heavy atom. The number of rotatable bonds is 8. The number of nitrogens with one attached hydrogen (secondary N) is 1. The van der Waals surface area contributed by atoms with Crippen molar-refractivity contribution in [3.63, 3.8) is 0 Å². The maximum atomic E-state index is 12.6. The van der Waals surface area contributed by atoms with Crippen molar-refractivity contribution in [2.45, 2.75) is 6.92 Å². The minimum Gasteiger partial charge on any atom is -0.507 e. The topological polar surface area (TPSA) is 106 Å². The molecule has 0 aliphatic heterocycles. The zero-order chi connectivity index (χ0) is 22.9. The number of benzene rings is 3. The molecule has 164 valence electrons. The number of amides is 1. The van der Waals surface area contributed by atoms with Crippen molar-refractivity contribution in [3.8, 4) is 23.0 Å². The van der Waals surface area contributed by atoms with E-state index in [1.807, 2.05) is 0 Å². The summed E-state index contributed by atoms with van der Waals surface area (Å²) in [7, 11) is 1.48. The number of esters is 1. The van der Waals surface area contributed by atoms with Crippen LogP contribution in [0.1, 0.15) is 33.2 Å². The molecule has 2 N–H and O–H groups in total. The van der Waals surface area contributed by atoms with Crippen LogP contribution in [0.4, 0.5) is 0 Å². The van der Waals surface area contributed by atoms with Gasteiger partial charge in [0.1, 0.15) is 17.1 Å². The van der Waals surface area contributed by atoms with E-state index in [0.29, 0.717) is 23.7 Å². The van der Waals surface area contributed by atoms with Gasteiger partial charge in [-0.3, -0.25) is 4.79 Å². The van der Waals surface area contributed by atoms with E-state index in [-0.39, 0.29) is 22.6 Å². The number of hydrazone groups is 1. The number of para-hydroxylation sites is 2. The highest BCUT2D eigenvalue weighted by Crippen LogP contribution is 2.30. The summed E-state index contributed by atoms with van der Waals surface area (Å²) in [5, 5.41) is 13.6. The van der Waals surface area contributed by atoms with E-state index >= 15 is 0 Å². The van der Waals surface area contributed by atoms with Gasteiger partial charge in [-0.15, -0.1) is 0 Å². The van der Waals surface area contributed by atoms with Gasteiger partial charge in [0.15, 0.2) is 11.5 Å². The average Bonchev–Trinajstić information content (AvgIpc) is 2.81. The van der Waals surface area contributed by atoms with Crippen LogP contribution in [0.3, 0.4) is 0 Å². The van der Waals surface area contributed by atoms with E-state index in [1.54, 1.807) is 61.5 Å². The molecule has 0 fully saturated rings. The van der Waals surface area contributed by atoms with Gasteiger partial charge in [0.25, 0.3) is 5.91 Å². The molecular formula is C24H22N2O6. The van der Waals surface area contributed by atoms with E-state index in [1.165, 1.54) is 25.5 Å². The van der Waals surface area contributed by atoms with Crippen molar-refractivity contribution < 1.29 is 28.9 Å². The fourth-order valence-electron chi connectivity index (χ4n) is 2.82. The van der Waals surface area contributed by atoms with Gasteiger partial charge in [-0.2, -0.15) is 5.10 Å². The molecule has 3 rings (SSSR count). The fourth-order valence-corrected chi connectivity index (χ4v) is 2.82. The van der Waals surface area contributed by atoms with Crippen LogP contribution in [-0.4, -0.2) is 36.9 Å². The average molecular weight is 434 g/mol. The van der Waals surface area contributed by atoms with Crippen LogP contribution in [0.15, 0.2) is 71.8 Å². The van der Waals surface area contributed by atoms with Crippen molar-refractivity contribution in [1.82, 2.24) is 5.43 Å². The maximum Gasteiger partial charge on any atom is 0.347 e. The number of hydrogen-bond donors (Lipinski definition) is 2. The van der Waals surface area contributed by atoms with Gasteiger partial charge in [-0.05, 0) is 55.0 Å². The summed E-state index contributed by atoms with van der Waals surface area (Å²) in [5.74, 6) is -0.296. The highest BCUT2D eigenvalue weighted by molar-refractivity contribution is 5.97. The number of aromatic hydroxyl groups is 1. The number of nitrogens with zero attached hydrogens (tertiary/aromatic N) is 1. The van der Waals surface area contributed by atoms with Crippen LogP contribution in [0.2, 0.25) is 0 Å². The third kappa shape index (κ3) is 5.42. The second-order valence-corrected chi connectivity index (χ2v) is 6.45. The summed E-state index contributed by atoms with van der Waals surface area (Å²) in [5.41, 5.74) is 3.35. The summed E-state index contributed by atoms with van der Waals surface area (Å²) in [6.07, 6.45) is 1.41. The molecule has 0 unspecified atom stereocenters. The van der Waals surface area contributed by atoms with E-state index in [2.05, 4.69) is 10.5 Å². The third-order valence-electron chi connectivity index (χ3n) is 4.33. The van der Waals surface area contributed by atoms with E-state index < -0.39 is 11.9 Å². The zero-order valence-electron chi connectivity index (χ0n) is 17.6. The summed E-state index contributed by atoms with van der Waals surface area (Å²) >= 11 is 0. The van der Waals surface area contributed by atoms with Crippen LogP contribution in [0.25, 0.3) is 0 Å². The molecule has 0 saturated heterocycles. The molecule has 0 radical (unpaired) electrons. The molecule has 32 heavy (non-hydrogen) atoms. The van der Waals surface area contributed by atoms with Crippen LogP contribution < -0.4 is 19.6 Å². The van der Waals surface area contributed by atoms with Crippen molar-refractivity contribution in [2.75, 3.05) is 13.7 Å². The summed E-state index contributed by atoms with van der Waals surface area (Å²) in [6.45, 7) is 2.16. The molecule has 1 amide bonds. The lowest BCUT2D eigenvalue weighted by Crippen LogP contribution is -2.17. The Bertz CT molecular complexity index is 1140. The Morgan fingerprint density at radius 2 is 1.69 bits per heavy atom. The van der Waals surface area contributed by atoms with Crippen molar-refractivity contribution >= 4 is 18.1 Å². The van der Waals surface area contributed by atoms with Gasteiger partial charge in [-0.1, -0.05) is 24.3 Å². The zero-order valence-corrected chi connectivity index (χ0v) is 17.6. The second kappa shape index (κ2) is 10.6. The molecule has 8 heteroatoms. The number of methoxy groups -OCH3 is 1. The first-order valence-electron chi connectivity index (χ1n) is 9.77. The van der Waals surface area contributed by atoms with Crippen LogP contribution in [-0.2, 0) is 0 Å². The first kappa shape index (κ1) is 22.4. The molecule has 3 aromatic rings. The molecule has 0 bridgehead atoms. The Morgan fingerprint density at radius 3 is 2.41 bits per heavy atom. The molecule has 0 spiro atoms. The van der Waals surface area contributed by atoms with Gasteiger partial charge in [0.05, 0.1) is 25.5 Å². The third-order valence-corrected chi connectivity index (χ3v) is 4.33. The molecule has 0 saturated carbocycles. The van der Waals surface area contributed by atoms with Crippen molar-refractivity contribution in [3.05, 3.63) is 83.4 Å². The Kier molecular flexibility index (Phi) is 7.42. The lowest BCUT2D eigenvalue weighted by molar-refractivity contribution is 0.0724. The van der Waals surface area contributed by atoms with Crippen LogP contribution in [0.5, 0.6) is 23.0 Å². The first-order valence-corrected chi connectivity index (χ1v) is 9.77. The smallest absolute Gasteiger partial charge is 0.347 e. The summed E-state index contributed by atoms with van der Waals surface area (Å²) < 4.78 is 16.3. The number of carbonyl (C=O) groups is 2. The normalized spacial score (nSPS) is 10.6. The first-order chi connectivity index (χ1) is 15.5. The van der Waals surface area contributed by atoms with Crippen molar-refractivity contribution in [1.29, 1.82) is 0 Å². The van der Waals surface area contributed by atoms with E-state index in [9.17, 15) is 14.7 Å². The number of phenols is 1. The molecule has 0 aliphatic rings. The van der Waals surface area contributed by atoms with Gasteiger partial charge in [0.2, 0.25) is 0 Å². The predicted molar refractivity (Wildman–Crippen MR) is 119 cm³/mol. The van der Waals surface area contributed by atoms with Crippen LogP contribution in [0, 0.1) is 0 Å². The van der Waals surface area contributed by atoms with E-state index in [0.717, 1.165) is 0 Å². The molecule has 8 nitrogen and oxygen atoms in total. The maximum absolute atomic E-state index is 12.6. The van der Waals surface area contributed by atoms with Gasteiger partial charge < -0.3 is 19.3 Å². The summed E-state index contributed by atoms with van der Waals surface area (Å²) in [6, 6.07) is 17.8. The quantitative estimate of drug-likeness (QED) is 0.242. The highest BCUT2D eigenvalue weighted by atomic mass is 16.6. The number of ether oxygens (including phenoxy) is 3. The largest absolute Gasteiger partial charge is 0.507 e. The van der Waals surface area contributed by atoms with Gasteiger partial charge in [-0.25, -0.2) is 10.2 Å². The minimum atomic E-state index is -0.584. The minimum absolute atomic E-state index is 0.109. The lowest BCUT2D eigenvalue weighted by Gasteiger charge is -2.12. The molecule has 0 aromatic heterocycles.